The van der Waals surface area contributed by atoms with Crippen molar-refractivity contribution in [3.8, 4) is 0 Å². The third-order valence-corrected chi connectivity index (χ3v) is 7.05. The smallest absolute Gasteiger partial charge is 0.340 e. The van der Waals surface area contributed by atoms with Crippen LogP contribution in [0.15, 0.2) is 36.4 Å². The number of likely N-dealkylation sites (tertiary alicyclic amines) is 1. The Labute approximate surface area is 177 Å². The molecule has 4 rings (SSSR count). The molecule has 1 aliphatic carbocycles. The first-order chi connectivity index (χ1) is 14.4. The Bertz CT molecular complexity index is 895. The van der Waals surface area contributed by atoms with Crippen LogP contribution in [0.1, 0.15) is 49.9 Å². The number of carbonyl (C=O) groups is 3. The van der Waals surface area contributed by atoms with Gasteiger partial charge in [-0.1, -0.05) is 44.6 Å². The van der Waals surface area contributed by atoms with Gasteiger partial charge in [-0.15, -0.1) is 0 Å². The van der Waals surface area contributed by atoms with Crippen LogP contribution in [0.2, 0.25) is 0 Å². The lowest BCUT2D eigenvalue weighted by Crippen LogP contribution is -2.53. The van der Waals surface area contributed by atoms with Gasteiger partial charge in [0.1, 0.15) is 6.61 Å². The molecule has 2 amide bonds. The second kappa shape index (κ2) is 7.99. The van der Waals surface area contributed by atoms with Crippen LogP contribution in [-0.2, 0) is 14.3 Å². The summed E-state index contributed by atoms with van der Waals surface area (Å²) in [5.41, 5.74) is 1.57. The van der Waals surface area contributed by atoms with Crippen LogP contribution in [-0.4, -0.2) is 48.9 Å². The second-order valence-electron chi connectivity index (χ2n) is 8.99. The Balaban J connectivity index is 1.55. The number of carbonyl (C=O) groups excluding carboxylic acids is 3. The summed E-state index contributed by atoms with van der Waals surface area (Å²) in [6.07, 6.45) is 3.39. The van der Waals surface area contributed by atoms with E-state index >= 15 is 0 Å². The van der Waals surface area contributed by atoms with Crippen molar-refractivity contribution in [3.05, 3.63) is 42.0 Å². The number of piperidine rings is 1. The van der Waals surface area contributed by atoms with Crippen molar-refractivity contribution in [2.75, 3.05) is 31.1 Å². The molecule has 2 aliphatic heterocycles. The first-order valence-electron chi connectivity index (χ1n) is 10.9. The van der Waals surface area contributed by atoms with Gasteiger partial charge in [0.2, 0.25) is 11.8 Å². The van der Waals surface area contributed by atoms with E-state index in [0.29, 0.717) is 11.6 Å². The molecule has 160 valence electrons. The highest BCUT2D eigenvalue weighted by molar-refractivity contribution is 6.22. The molecule has 0 N–H and O–H groups in total. The predicted octanol–water partition coefficient (Wildman–Crippen LogP) is 3.42. The Morgan fingerprint density at radius 3 is 2.77 bits per heavy atom. The summed E-state index contributed by atoms with van der Waals surface area (Å²) in [7, 11) is 0. The fraction of sp³-hybridized carbons (Fsp3) is 0.542. The van der Waals surface area contributed by atoms with Gasteiger partial charge in [-0.3, -0.25) is 9.59 Å². The van der Waals surface area contributed by atoms with Gasteiger partial charge < -0.3 is 9.64 Å². The van der Waals surface area contributed by atoms with Crippen LogP contribution in [0.4, 0.5) is 5.69 Å². The quantitative estimate of drug-likeness (QED) is 0.423. The second-order valence-corrected chi connectivity index (χ2v) is 8.99. The standard InChI is InChI=1S/C24H30N2O4/c1-4-25-13-18-8-7-11-24(14-25,17(18)3)15-30-23(29)19-9-5-6-10-20(19)26-21(27)12-16(2)22(26)28/h5-6,9-10,16,18H,3-4,7-8,11-15H2,1-2H3/t16-,18-,24+/m1/s1. The minimum Gasteiger partial charge on any atom is -0.461 e. The van der Waals surface area contributed by atoms with E-state index in [1.54, 1.807) is 31.2 Å². The lowest BCUT2D eigenvalue weighted by Gasteiger charge is -2.51. The third-order valence-electron chi connectivity index (χ3n) is 7.05. The van der Waals surface area contributed by atoms with E-state index in [1.807, 2.05) is 0 Å². The van der Waals surface area contributed by atoms with Crippen molar-refractivity contribution in [1.29, 1.82) is 0 Å². The SMILES string of the molecule is C=C1[C@@H]2CCC[C@@]1(COC(=O)c1ccccc1N1C(=O)C[C@@H](C)C1=O)CN(CC)C2. The summed E-state index contributed by atoms with van der Waals surface area (Å²) in [6.45, 7) is 11.4. The zero-order valence-corrected chi connectivity index (χ0v) is 17.9. The highest BCUT2D eigenvalue weighted by Gasteiger charge is 2.46. The lowest BCUT2D eigenvalue weighted by molar-refractivity contribution is -0.122. The fourth-order valence-corrected chi connectivity index (χ4v) is 5.25. The highest BCUT2D eigenvalue weighted by atomic mass is 16.5. The molecule has 0 radical (unpaired) electrons. The number of anilines is 1. The van der Waals surface area contributed by atoms with Gasteiger partial charge in [-0.05, 0) is 37.4 Å². The molecule has 1 aromatic carbocycles. The number of ether oxygens (including phenoxy) is 1. The molecule has 0 unspecified atom stereocenters. The number of imide groups is 1. The molecule has 1 aromatic rings. The Morgan fingerprint density at radius 1 is 1.30 bits per heavy atom. The van der Waals surface area contributed by atoms with E-state index in [2.05, 4.69) is 18.4 Å². The minimum atomic E-state index is -0.497. The molecule has 2 bridgehead atoms. The number of amides is 2. The molecule has 6 heteroatoms. The molecule has 1 saturated carbocycles. The Morgan fingerprint density at radius 2 is 2.07 bits per heavy atom. The molecule has 3 fully saturated rings. The maximum Gasteiger partial charge on any atom is 0.340 e. The molecule has 6 nitrogen and oxygen atoms in total. The fourth-order valence-electron chi connectivity index (χ4n) is 5.25. The summed E-state index contributed by atoms with van der Waals surface area (Å²) in [4.78, 5) is 41.5. The Kier molecular flexibility index (Phi) is 5.53. The van der Waals surface area contributed by atoms with Crippen molar-refractivity contribution in [3.63, 3.8) is 0 Å². The van der Waals surface area contributed by atoms with Gasteiger partial charge in [0, 0.05) is 30.8 Å². The van der Waals surface area contributed by atoms with Crippen molar-refractivity contribution >= 4 is 23.5 Å². The number of rotatable bonds is 5. The summed E-state index contributed by atoms with van der Waals surface area (Å²) >= 11 is 0. The predicted molar refractivity (Wildman–Crippen MR) is 114 cm³/mol. The van der Waals surface area contributed by atoms with Gasteiger partial charge in [0.25, 0.3) is 0 Å². The first kappa shape index (κ1) is 20.8. The zero-order chi connectivity index (χ0) is 21.5. The molecular weight excluding hydrogens is 380 g/mol. The van der Waals surface area contributed by atoms with Gasteiger partial charge >= 0.3 is 5.97 Å². The van der Waals surface area contributed by atoms with Gasteiger partial charge in [-0.2, -0.15) is 0 Å². The monoisotopic (exact) mass is 410 g/mol. The van der Waals surface area contributed by atoms with E-state index in [9.17, 15) is 14.4 Å². The van der Waals surface area contributed by atoms with Gasteiger partial charge in [0.15, 0.2) is 0 Å². The van der Waals surface area contributed by atoms with Crippen LogP contribution in [0.3, 0.4) is 0 Å². The number of hydrogen-bond donors (Lipinski definition) is 0. The average Bonchev–Trinajstić information content (AvgIpc) is 2.98. The van der Waals surface area contributed by atoms with Crippen LogP contribution in [0, 0.1) is 17.3 Å². The van der Waals surface area contributed by atoms with Gasteiger partial charge in [-0.25, -0.2) is 9.69 Å². The number of benzene rings is 1. The molecule has 3 aliphatic rings. The molecule has 2 saturated heterocycles. The summed E-state index contributed by atoms with van der Waals surface area (Å²) in [5, 5.41) is 0. The molecule has 2 heterocycles. The Hall–Kier alpha value is -2.47. The normalized spacial score (nSPS) is 29.4. The summed E-state index contributed by atoms with van der Waals surface area (Å²) in [5.74, 6) is -0.956. The van der Waals surface area contributed by atoms with Crippen LogP contribution < -0.4 is 4.90 Å². The van der Waals surface area contributed by atoms with E-state index in [-0.39, 0.29) is 41.7 Å². The van der Waals surface area contributed by atoms with Crippen molar-refractivity contribution in [2.24, 2.45) is 17.3 Å². The van der Waals surface area contributed by atoms with Gasteiger partial charge in [0.05, 0.1) is 11.3 Å². The number of nitrogens with zero attached hydrogens (tertiary/aromatic N) is 2. The maximum atomic E-state index is 13.1. The number of hydrogen-bond acceptors (Lipinski definition) is 5. The zero-order valence-electron chi connectivity index (χ0n) is 17.9. The van der Waals surface area contributed by atoms with Crippen molar-refractivity contribution in [2.45, 2.75) is 39.5 Å². The number of esters is 1. The molecular formula is C24H30N2O4. The topological polar surface area (TPSA) is 66.9 Å². The summed E-state index contributed by atoms with van der Waals surface area (Å²) < 4.78 is 5.83. The molecule has 0 spiro atoms. The maximum absolute atomic E-state index is 13.1. The van der Waals surface area contributed by atoms with E-state index in [4.69, 9.17) is 4.74 Å². The van der Waals surface area contributed by atoms with E-state index in [1.165, 1.54) is 5.57 Å². The minimum absolute atomic E-state index is 0.166. The van der Waals surface area contributed by atoms with Crippen LogP contribution in [0.5, 0.6) is 0 Å². The lowest BCUT2D eigenvalue weighted by atomic mass is 9.64. The largest absolute Gasteiger partial charge is 0.461 e. The molecule has 0 aromatic heterocycles. The highest BCUT2D eigenvalue weighted by Crippen LogP contribution is 2.47. The third kappa shape index (κ3) is 3.47. The van der Waals surface area contributed by atoms with Crippen molar-refractivity contribution in [1.82, 2.24) is 4.90 Å². The van der Waals surface area contributed by atoms with Crippen LogP contribution in [0.25, 0.3) is 0 Å². The first-order valence-corrected chi connectivity index (χ1v) is 10.9. The molecule has 3 atom stereocenters. The average molecular weight is 411 g/mol. The summed E-state index contributed by atoms with van der Waals surface area (Å²) in [6, 6.07) is 6.71. The number of para-hydroxylation sites is 1. The van der Waals surface area contributed by atoms with Crippen LogP contribution >= 0.6 is 0 Å². The molecule has 30 heavy (non-hydrogen) atoms. The van der Waals surface area contributed by atoms with Crippen molar-refractivity contribution < 1.29 is 19.1 Å². The van der Waals surface area contributed by atoms with E-state index < -0.39 is 5.97 Å². The van der Waals surface area contributed by atoms with E-state index in [0.717, 1.165) is 43.8 Å². The number of fused-ring (bicyclic) bond motifs is 2.